The lowest BCUT2D eigenvalue weighted by Crippen LogP contribution is -2.04. The highest BCUT2D eigenvalue weighted by atomic mass is 35.5. The number of hydrogen-bond acceptors (Lipinski definition) is 1. The number of halogens is 2. The van der Waals surface area contributed by atoms with Crippen LogP contribution in [-0.2, 0) is 10.3 Å². The van der Waals surface area contributed by atoms with E-state index >= 15 is 0 Å². The van der Waals surface area contributed by atoms with Crippen LogP contribution < -0.4 is 0 Å². The van der Waals surface area contributed by atoms with Crippen molar-refractivity contribution in [2.24, 2.45) is 0 Å². The molecule has 1 aromatic carbocycles. The van der Waals surface area contributed by atoms with Gasteiger partial charge in [0.2, 0.25) is 0 Å². The molecular weight excluding hydrogens is 191 g/mol. The van der Waals surface area contributed by atoms with Crippen molar-refractivity contribution in [1.82, 2.24) is 0 Å². The third kappa shape index (κ3) is 1.45. The van der Waals surface area contributed by atoms with Crippen LogP contribution in [0.25, 0.3) is 0 Å². The summed E-state index contributed by atoms with van der Waals surface area (Å²) in [4.78, 5) is 0. The Morgan fingerprint density at radius 1 is 1.54 bits per heavy atom. The minimum absolute atomic E-state index is 0.226. The maximum absolute atomic E-state index is 13.2. The second-order valence-corrected chi connectivity index (χ2v) is 4.01. The van der Waals surface area contributed by atoms with Crippen LogP contribution in [-0.4, -0.2) is 6.61 Å². The smallest absolute Gasteiger partial charge is 0.126 e. The average Bonchev–Trinajstić information content (AvgIpc) is 2.77. The van der Waals surface area contributed by atoms with E-state index in [0.29, 0.717) is 17.2 Å². The largest absolute Gasteiger partial charge is 0.365 e. The zero-order valence-corrected chi connectivity index (χ0v) is 8.28. The third-order valence-corrected chi connectivity index (χ3v) is 2.71. The average molecular weight is 201 g/mol. The molecule has 1 heterocycles. The van der Waals surface area contributed by atoms with Crippen LogP contribution in [0, 0.1) is 12.7 Å². The minimum Gasteiger partial charge on any atom is -0.365 e. The fraction of sp³-hybridized carbons (Fsp3) is 0.400. The summed E-state index contributed by atoms with van der Waals surface area (Å²) in [5.41, 5.74) is 0.960. The molecule has 0 N–H and O–H groups in total. The number of hydrogen-bond donors (Lipinski definition) is 0. The van der Waals surface area contributed by atoms with Crippen molar-refractivity contribution in [3.8, 4) is 0 Å². The number of aryl methyl sites for hydroxylation is 1. The maximum atomic E-state index is 13.2. The van der Waals surface area contributed by atoms with Gasteiger partial charge in [-0.05, 0) is 31.5 Å². The van der Waals surface area contributed by atoms with E-state index in [0.717, 1.165) is 5.56 Å². The van der Waals surface area contributed by atoms with Crippen molar-refractivity contribution in [2.75, 3.05) is 6.61 Å². The lowest BCUT2D eigenvalue weighted by atomic mass is 10.0. The van der Waals surface area contributed by atoms with Crippen molar-refractivity contribution in [2.45, 2.75) is 19.4 Å². The van der Waals surface area contributed by atoms with Gasteiger partial charge in [-0.25, -0.2) is 4.39 Å². The molecule has 0 aromatic heterocycles. The van der Waals surface area contributed by atoms with E-state index < -0.39 is 0 Å². The molecule has 1 atom stereocenters. The zero-order valence-electron chi connectivity index (χ0n) is 7.53. The molecule has 1 aliphatic rings. The quantitative estimate of drug-likeness (QED) is 0.635. The van der Waals surface area contributed by atoms with Crippen LogP contribution in [0.15, 0.2) is 12.1 Å². The van der Waals surface area contributed by atoms with Crippen LogP contribution in [0.1, 0.15) is 18.1 Å². The lowest BCUT2D eigenvalue weighted by Gasteiger charge is -2.09. The molecule has 1 saturated heterocycles. The van der Waals surface area contributed by atoms with Crippen LogP contribution in [0.3, 0.4) is 0 Å². The van der Waals surface area contributed by atoms with E-state index in [9.17, 15) is 4.39 Å². The molecule has 13 heavy (non-hydrogen) atoms. The fourth-order valence-electron chi connectivity index (χ4n) is 1.32. The molecule has 2 rings (SSSR count). The summed E-state index contributed by atoms with van der Waals surface area (Å²) in [6.45, 7) is 4.22. The molecule has 0 spiro atoms. The predicted octanol–water partition coefficient (Wildman–Crippen LogP) is 3.03. The Bertz CT molecular complexity index is 358. The Morgan fingerprint density at radius 3 is 2.69 bits per heavy atom. The summed E-state index contributed by atoms with van der Waals surface area (Å²) in [6.07, 6.45) is 0. The molecule has 1 unspecified atom stereocenters. The molecule has 1 nitrogen and oxygen atoms in total. The van der Waals surface area contributed by atoms with Gasteiger partial charge in [0.15, 0.2) is 0 Å². The van der Waals surface area contributed by atoms with Gasteiger partial charge < -0.3 is 4.74 Å². The molecule has 1 aliphatic heterocycles. The van der Waals surface area contributed by atoms with E-state index in [1.807, 2.05) is 6.92 Å². The maximum Gasteiger partial charge on any atom is 0.126 e. The molecule has 0 radical (unpaired) electrons. The van der Waals surface area contributed by atoms with Crippen molar-refractivity contribution in [1.29, 1.82) is 0 Å². The Morgan fingerprint density at radius 2 is 2.15 bits per heavy atom. The highest BCUT2D eigenvalue weighted by Gasteiger charge is 2.43. The van der Waals surface area contributed by atoms with Gasteiger partial charge in [-0.2, -0.15) is 0 Å². The first kappa shape index (κ1) is 8.97. The highest BCUT2D eigenvalue weighted by Crippen LogP contribution is 2.42. The SMILES string of the molecule is Cc1cc(Cl)c(C2(C)CO2)cc1F. The van der Waals surface area contributed by atoms with Gasteiger partial charge in [0.1, 0.15) is 11.4 Å². The fourth-order valence-corrected chi connectivity index (χ4v) is 1.73. The van der Waals surface area contributed by atoms with E-state index in [-0.39, 0.29) is 11.4 Å². The number of rotatable bonds is 1. The standard InChI is InChI=1S/C10H10ClFO/c1-6-3-8(11)7(4-9(6)12)10(2)5-13-10/h3-4H,5H2,1-2H3. The molecule has 0 amide bonds. The highest BCUT2D eigenvalue weighted by molar-refractivity contribution is 6.31. The van der Waals surface area contributed by atoms with Crippen molar-refractivity contribution >= 4 is 11.6 Å². The van der Waals surface area contributed by atoms with Gasteiger partial charge in [0.25, 0.3) is 0 Å². The summed E-state index contributed by atoms with van der Waals surface area (Å²) in [7, 11) is 0. The summed E-state index contributed by atoms with van der Waals surface area (Å²) in [5.74, 6) is -0.226. The topological polar surface area (TPSA) is 12.5 Å². The van der Waals surface area contributed by atoms with E-state index in [1.165, 1.54) is 6.07 Å². The lowest BCUT2D eigenvalue weighted by molar-refractivity contribution is 0.328. The predicted molar refractivity (Wildman–Crippen MR) is 49.5 cm³/mol. The number of benzene rings is 1. The molecule has 70 valence electrons. The minimum atomic E-state index is -0.356. The van der Waals surface area contributed by atoms with Crippen LogP contribution in [0.5, 0.6) is 0 Å². The first-order chi connectivity index (χ1) is 6.03. The van der Waals surface area contributed by atoms with Crippen LogP contribution >= 0.6 is 11.6 Å². The Kier molecular flexibility index (Phi) is 1.86. The Balaban J connectivity index is 2.52. The van der Waals surface area contributed by atoms with E-state index in [2.05, 4.69) is 0 Å². The van der Waals surface area contributed by atoms with Gasteiger partial charge >= 0.3 is 0 Å². The molecule has 3 heteroatoms. The molecular formula is C10H10ClFO. The van der Waals surface area contributed by atoms with Crippen LogP contribution in [0.2, 0.25) is 5.02 Å². The first-order valence-electron chi connectivity index (χ1n) is 4.13. The van der Waals surface area contributed by atoms with Crippen molar-refractivity contribution < 1.29 is 9.13 Å². The number of epoxide rings is 1. The van der Waals surface area contributed by atoms with Gasteiger partial charge in [-0.15, -0.1) is 0 Å². The normalized spacial score (nSPS) is 26.2. The van der Waals surface area contributed by atoms with Crippen LogP contribution in [0.4, 0.5) is 4.39 Å². The molecule has 0 saturated carbocycles. The molecule has 0 bridgehead atoms. The first-order valence-corrected chi connectivity index (χ1v) is 4.51. The van der Waals surface area contributed by atoms with E-state index in [1.54, 1.807) is 13.0 Å². The Labute approximate surface area is 81.5 Å². The molecule has 1 fully saturated rings. The van der Waals surface area contributed by atoms with E-state index in [4.69, 9.17) is 16.3 Å². The summed E-state index contributed by atoms with van der Waals surface area (Å²) in [6, 6.07) is 3.10. The molecule has 1 aromatic rings. The van der Waals surface area contributed by atoms with Gasteiger partial charge in [-0.1, -0.05) is 11.6 Å². The summed E-state index contributed by atoms with van der Waals surface area (Å²) in [5, 5.41) is 0.582. The molecule has 0 aliphatic carbocycles. The van der Waals surface area contributed by atoms with Gasteiger partial charge in [0, 0.05) is 10.6 Å². The summed E-state index contributed by atoms with van der Waals surface area (Å²) < 4.78 is 18.4. The van der Waals surface area contributed by atoms with Gasteiger partial charge in [-0.3, -0.25) is 0 Å². The number of ether oxygens (including phenoxy) is 1. The zero-order chi connectivity index (χ0) is 9.64. The second kappa shape index (κ2) is 2.69. The van der Waals surface area contributed by atoms with Gasteiger partial charge in [0.05, 0.1) is 6.61 Å². The van der Waals surface area contributed by atoms with Crippen molar-refractivity contribution in [3.05, 3.63) is 34.1 Å². The Hall–Kier alpha value is -0.600. The second-order valence-electron chi connectivity index (χ2n) is 3.60. The monoisotopic (exact) mass is 200 g/mol. The summed E-state index contributed by atoms with van der Waals surface area (Å²) >= 11 is 5.98. The third-order valence-electron chi connectivity index (χ3n) is 2.40. The van der Waals surface area contributed by atoms with Crippen molar-refractivity contribution in [3.63, 3.8) is 0 Å².